The molecule has 2 aromatic rings. The van der Waals surface area contributed by atoms with Gasteiger partial charge in [-0.15, -0.1) is 0 Å². The van der Waals surface area contributed by atoms with Gasteiger partial charge in [-0.1, -0.05) is 29.4 Å². The number of hydrogen-bond acceptors (Lipinski definition) is 4. The second kappa shape index (κ2) is 6.33. The average Bonchev–Trinajstić information content (AvgIpc) is 3.31. The summed E-state index contributed by atoms with van der Waals surface area (Å²) >= 11 is 0. The van der Waals surface area contributed by atoms with Crippen LogP contribution in [0.3, 0.4) is 0 Å². The molecule has 0 spiro atoms. The van der Waals surface area contributed by atoms with E-state index in [1.807, 2.05) is 6.07 Å². The second-order valence-electron chi connectivity index (χ2n) is 6.92. The van der Waals surface area contributed by atoms with Gasteiger partial charge in [0.15, 0.2) is 0 Å². The van der Waals surface area contributed by atoms with Crippen molar-refractivity contribution >= 4 is 10.0 Å². The Labute approximate surface area is 142 Å². The predicted octanol–water partition coefficient (Wildman–Crippen LogP) is 2.60. The lowest BCUT2D eigenvalue weighted by molar-refractivity contribution is 0.404. The van der Waals surface area contributed by atoms with Crippen molar-refractivity contribution in [3.05, 3.63) is 53.4 Å². The van der Waals surface area contributed by atoms with Crippen molar-refractivity contribution in [1.29, 1.82) is 0 Å². The number of hydrogen-bond donors (Lipinski definition) is 0. The maximum Gasteiger partial charge on any atom is 0.214 e. The van der Waals surface area contributed by atoms with Crippen molar-refractivity contribution in [3.8, 4) is 0 Å². The molecule has 0 bridgehead atoms. The van der Waals surface area contributed by atoms with E-state index in [0.717, 1.165) is 31.4 Å². The first-order chi connectivity index (χ1) is 11.6. The van der Waals surface area contributed by atoms with Crippen LogP contribution < -0.4 is 0 Å². The van der Waals surface area contributed by atoms with E-state index >= 15 is 0 Å². The molecule has 1 unspecified atom stereocenters. The summed E-state index contributed by atoms with van der Waals surface area (Å²) in [6, 6.07) is 10.3. The normalized spacial score (nSPS) is 22.1. The molecule has 1 aromatic heterocycles. The monoisotopic (exact) mass is 346 g/mol. The highest BCUT2D eigenvalue weighted by Crippen LogP contribution is 2.31. The molecule has 2 heterocycles. The van der Waals surface area contributed by atoms with Gasteiger partial charge in [-0.05, 0) is 42.7 Å². The Morgan fingerprint density at radius 3 is 2.58 bits per heavy atom. The molecule has 1 aliphatic carbocycles. The first kappa shape index (κ1) is 15.8. The van der Waals surface area contributed by atoms with E-state index in [1.54, 1.807) is 10.6 Å². The maximum atomic E-state index is 12.7. The Bertz CT molecular complexity index is 776. The van der Waals surface area contributed by atoms with E-state index < -0.39 is 10.0 Å². The summed E-state index contributed by atoms with van der Waals surface area (Å²) in [5, 5.41) is 3.95. The Morgan fingerprint density at radius 1 is 1.17 bits per heavy atom. The average molecular weight is 346 g/mol. The molecule has 5 nitrogen and oxygen atoms in total. The van der Waals surface area contributed by atoms with Gasteiger partial charge in [0.1, 0.15) is 6.26 Å². The lowest BCUT2D eigenvalue weighted by Gasteiger charge is -2.17. The second-order valence-corrected chi connectivity index (χ2v) is 9.00. The SMILES string of the molecule is O=S(=O)(CCC1Cc2ccccc2C1)N1CCC(c2ccon2)C1. The van der Waals surface area contributed by atoms with Gasteiger partial charge < -0.3 is 4.52 Å². The molecule has 4 rings (SSSR count). The lowest BCUT2D eigenvalue weighted by atomic mass is 10.0. The van der Waals surface area contributed by atoms with Gasteiger partial charge >= 0.3 is 0 Å². The van der Waals surface area contributed by atoms with E-state index in [9.17, 15) is 8.42 Å². The summed E-state index contributed by atoms with van der Waals surface area (Å²) in [7, 11) is -3.18. The van der Waals surface area contributed by atoms with Crippen molar-refractivity contribution in [2.24, 2.45) is 5.92 Å². The van der Waals surface area contributed by atoms with Crippen LogP contribution in [-0.2, 0) is 22.9 Å². The van der Waals surface area contributed by atoms with Crippen molar-refractivity contribution in [2.45, 2.75) is 31.6 Å². The molecule has 0 N–H and O–H groups in total. The van der Waals surface area contributed by atoms with Crippen LogP contribution in [0.15, 0.2) is 41.1 Å². The van der Waals surface area contributed by atoms with Crippen LogP contribution in [0.25, 0.3) is 0 Å². The molecule has 1 aliphatic heterocycles. The minimum absolute atomic E-state index is 0.161. The number of nitrogens with zero attached hydrogens (tertiary/aromatic N) is 2. The summed E-state index contributed by atoms with van der Waals surface area (Å²) in [5.74, 6) is 0.859. The summed E-state index contributed by atoms with van der Waals surface area (Å²) in [5.41, 5.74) is 3.62. The molecule has 128 valence electrons. The smallest absolute Gasteiger partial charge is 0.214 e. The van der Waals surface area contributed by atoms with Crippen LogP contribution in [0.4, 0.5) is 0 Å². The summed E-state index contributed by atoms with van der Waals surface area (Å²) in [6.07, 6.45) is 5.12. The zero-order chi connectivity index (χ0) is 16.6. The molecular formula is C18H22N2O3S. The molecule has 0 amide bonds. The Balaban J connectivity index is 1.34. The van der Waals surface area contributed by atoms with Crippen LogP contribution in [-0.4, -0.2) is 36.7 Å². The topological polar surface area (TPSA) is 63.4 Å². The standard InChI is InChI=1S/C18H22N2O3S/c21-24(22,20-8-5-17(13-20)18-6-9-23-19-18)10-7-14-11-15-3-1-2-4-16(15)12-14/h1-4,6,9,14,17H,5,7-8,10-13H2. The molecule has 1 saturated heterocycles. The van der Waals surface area contributed by atoms with E-state index in [-0.39, 0.29) is 11.7 Å². The molecule has 0 radical (unpaired) electrons. The largest absolute Gasteiger partial charge is 0.365 e. The zero-order valence-corrected chi connectivity index (χ0v) is 14.4. The van der Waals surface area contributed by atoms with E-state index in [0.29, 0.717) is 19.0 Å². The summed E-state index contributed by atoms with van der Waals surface area (Å²) < 4.78 is 31.8. The van der Waals surface area contributed by atoms with Crippen molar-refractivity contribution in [3.63, 3.8) is 0 Å². The third-order valence-electron chi connectivity index (χ3n) is 5.34. The van der Waals surface area contributed by atoms with Crippen LogP contribution in [0.2, 0.25) is 0 Å². The highest BCUT2D eigenvalue weighted by molar-refractivity contribution is 7.89. The highest BCUT2D eigenvalue weighted by atomic mass is 32.2. The van der Waals surface area contributed by atoms with Gasteiger partial charge in [0, 0.05) is 25.1 Å². The molecule has 1 aromatic carbocycles. The quantitative estimate of drug-likeness (QED) is 0.835. The lowest BCUT2D eigenvalue weighted by Crippen LogP contribution is -2.31. The minimum Gasteiger partial charge on any atom is -0.365 e. The Hall–Kier alpha value is -1.66. The summed E-state index contributed by atoms with van der Waals surface area (Å²) in [6.45, 7) is 1.12. The van der Waals surface area contributed by atoms with Crippen molar-refractivity contribution in [2.75, 3.05) is 18.8 Å². The van der Waals surface area contributed by atoms with Crippen LogP contribution in [0.1, 0.15) is 35.6 Å². The molecule has 0 saturated carbocycles. The third-order valence-corrected chi connectivity index (χ3v) is 7.21. The molecule has 1 atom stereocenters. The molecule has 6 heteroatoms. The van der Waals surface area contributed by atoms with E-state index in [4.69, 9.17) is 4.52 Å². The zero-order valence-electron chi connectivity index (χ0n) is 13.6. The van der Waals surface area contributed by atoms with Crippen molar-refractivity contribution < 1.29 is 12.9 Å². The van der Waals surface area contributed by atoms with Gasteiger partial charge in [0.25, 0.3) is 0 Å². The summed E-state index contributed by atoms with van der Waals surface area (Å²) in [4.78, 5) is 0. The van der Waals surface area contributed by atoms with Crippen molar-refractivity contribution in [1.82, 2.24) is 9.46 Å². The fourth-order valence-corrected chi connectivity index (χ4v) is 5.63. The number of sulfonamides is 1. The van der Waals surface area contributed by atoms with Gasteiger partial charge in [-0.2, -0.15) is 0 Å². The fourth-order valence-electron chi connectivity index (χ4n) is 3.95. The number of aromatic nitrogens is 1. The first-order valence-electron chi connectivity index (χ1n) is 8.57. The number of rotatable bonds is 5. The minimum atomic E-state index is -3.18. The van der Waals surface area contributed by atoms with E-state index in [1.165, 1.54) is 11.1 Å². The fraction of sp³-hybridized carbons (Fsp3) is 0.500. The molecule has 24 heavy (non-hydrogen) atoms. The van der Waals surface area contributed by atoms with Crippen LogP contribution in [0.5, 0.6) is 0 Å². The molecular weight excluding hydrogens is 324 g/mol. The molecule has 2 aliphatic rings. The van der Waals surface area contributed by atoms with Gasteiger partial charge in [-0.25, -0.2) is 12.7 Å². The highest BCUT2D eigenvalue weighted by Gasteiger charge is 2.34. The maximum absolute atomic E-state index is 12.7. The number of fused-ring (bicyclic) bond motifs is 1. The Morgan fingerprint density at radius 2 is 1.92 bits per heavy atom. The van der Waals surface area contributed by atoms with Gasteiger partial charge in [-0.3, -0.25) is 0 Å². The molecule has 1 fully saturated rings. The third kappa shape index (κ3) is 3.13. The Kier molecular flexibility index (Phi) is 4.18. The van der Waals surface area contributed by atoms with Gasteiger partial charge in [0.05, 0.1) is 11.4 Å². The first-order valence-corrected chi connectivity index (χ1v) is 10.2. The van der Waals surface area contributed by atoms with Gasteiger partial charge in [0.2, 0.25) is 10.0 Å². The van der Waals surface area contributed by atoms with Crippen LogP contribution in [0, 0.1) is 5.92 Å². The van der Waals surface area contributed by atoms with Crippen LogP contribution >= 0.6 is 0 Å². The predicted molar refractivity (Wildman–Crippen MR) is 91.2 cm³/mol. The number of benzene rings is 1. The van der Waals surface area contributed by atoms with E-state index in [2.05, 4.69) is 29.4 Å².